The number of nitrogens with zero attached hydrogens (tertiary/aromatic N) is 2. The van der Waals surface area contributed by atoms with E-state index in [0.717, 1.165) is 7.11 Å². The van der Waals surface area contributed by atoms with Crippen molar-refractivity contribution in [3.63, 3.8) is 0 Å². The standard InChI is InChI=1S/C11H7F5N2O2/c1-20-8(19)3-5-2-6(10(12)13)7(4-17)18-9(5)11(14,15)16/h2,10H,3H2,1H3. The summed E-state index contributed by atoms with van der Waals surface area (Å²) in [5.74, 6) is -1.04. The highest BCUT2D eigenvalue weighted by atomic mass is 19.4. The first-order chi connectivity index (χ1) is 9.20. The first-order valence-electron chi connectivity index (χ1n) is 5.06. The van der Waals surface area contributed by atoms with Crippen LogP contribution in [-0.2, 0) is 22.1 Å². The average Bonchev–Trinajstić information content (AvgIpc) is 2.36. The molecular formula is C11H7F5N2O2. The van der Waals surface area contributed by atoms with Crippen molar-refractivity contribution in [2.75, 3.05) is 7.11 Å². The lowest BCUT2D eigenvalue weighted by Gasteiger charge is -2.13. The van der Waals surface area contributed by atoms with Crippen LogP contribution in [0.15, 0.2) is 6.07 Å². The zero-order valence-electron chi connectivity index (χ0n) is 9.96. The van der Waals surface area contributed by atoms with Gasteiger partial charge in [0.25, 0.3) is 6.43 Å². The summed E-state index contributed by atoms with van der Waals surface area (Å²) in [5, 5.41) is 8.57. The number of halogens is 5. The Hall–Kier alpha value is -2.24. The molecule has 0 saturated heterocycles. The number of methoxy groups -OCH3 is 1. The summed E-state index contributed by atoms with van der Waals surface area (Å²) in [5.41, 5.74) is -4.30. The summed E-state index contributed by atoms with van der Waals surface area (Å²) in [4.78, 5) is 13.9. The molecule has 1 rings (SSSR count). The van der Waals surface area contributed by atoms with Gasteiger partial charge in [0.05, 0.1) is 19.1 Å². The quantitative estimate of drug-likeness (QED) is 0.635. The Morgan fingerprint density at radius 2 is 2.10 bits per heavy atom. The van der Waals surface area contributed by atoms with Crippen molar-refractivity contribution in [2.45, 2.75) is 19.0 Å². The molecular weight excluding hydrogens is 287 g/mol. The molecule has 0 fully saturated rings. The van der Waals surface area contributed by atoms with Crippen LogP contribution < -0.4 is 0 Å². The number of pyridine rings is 1. The lowest BCUT2D eigenvalue weighted by Crippen LogP contribution is -2.17. The Labute approximate surface area is 109 Å². The minimum absolute atomic E-state index is 0.454. The molecule has 0 N–H and O–H groups in total. The van der Waals surface area contributed by atoms with Crippen LogP contribution in [0.3, 0.4) is 0 Å². The second-order valence-corrected chi connectivity index (χ2v) is 3.60. The molecule has 0 atom stereocenters. The van der Waals surface area contributed by atoms with E-state index in [4.69, 9.17) is 5.26 Å². The molecule has 0 aromatic carbocycles. The molecule has 0 saturated carbocycles. The van der Waals surface area contributed by atoms with Gasteiger partial charge in [-0.3, -0.25) is 4.79 Å². The number of esters is 1. The van der Waals surface area contributed by atoms with Gasteiger partial charge < -0.3 is 4.74 Å². The van der Waals surface area contributed by atoms with Crippen LogP contribution in [-0.4, -0.2) is 18.1 Å². The third kappa shape index (κ3) is 3.40. The maximum absolute atomic E-state index is 12.7. The molecule has 4 nitrogen and oxygen atoms in total. The summed E-state index contributed by atoms with van der Waals surface area (Å²) in [6.07, 6.45) is -9.03. The minimum atomic E-state index is -4.98. The van der Waals surface area contributed by atoms with E-state index in [-0.39, 0.29) is 0 Å². The zero-order valence-corrected chi connectivity index (χ0v) is 9.96. The van der Waals surface area contributed by atoms with Crippen LogP contribution in [0.4, 0.5) is 22.0 Å². The predicted molar refractivity (Wildman–Crippen MR) is 54.6 cm³/mol. The maximum atomic E-state index is 12.7. The Kier molecular flexibility index (Phi) is 4.60. The van der Waals surface area contributed by atoms with E-state index in [2.05, 4.69) is 9.72 Å². The van der Waals surface area contributed by atoms with E-state index >= 15 is 0 Å². The van der Waals surface area contributed by atoms with Gasteiger partial charge in [-0.2, -0.15) is 18.4 Å². The molecule has 0 unspecified atom stereocenters. The summed E-state index contributed by atoms with van der Waals surface area (Å²) in [7, 11) is 0.945. The molecule has 0 amide bonds. The van der Waals surface area contributed by atoms with Gasteiger partial charge in [0.15, 0.2) is 0 Å². The molecule has 1 aromatic heterocycles. The number of hydrogen-bond donors (Lipinski definition) is 0. The third-order valence-electron chi connectivity index (χ3n) is 2.30. The number of hydrogen-bond acceptors (Lipinski definition) is 4. The first kappa shape index (κ1) is 15.8. The SMILES string of the molecule is COC(=O)Cc1cc(C(F)F)c(C#N)nc1C(F)(F)F. The summed E-state index contributed by atoms with van der Waals surface area (Å²) < 4.78 is 67.7. The fourth-order valence-electron chi connectivity index (χ4n) is 1.44. The van der Waals surface area contributed by atoms with Gasteiger partial charge in [0.2, 0.25) is 0 Å². The molecule has 0 aliphatic carbocycles. The Bertz CT molecular complexity index is 563. The van der Waals surface area contributed by atoms with E-state index in [0.29, 0.717) is 6.07 Å². The maximum Gasteiger partial charge on any atom is 0.433 e. The molecule has 0 radical (unpaired) electrons. The van der Waals surface area contributed by atoms with Gasteiger partial charge in [-0.15, -0.1) is 0 Å². The van der Waals surface area contributed by atoms with Crippen molar-refractivity contribution < 1.29 is 31.5 Å². The van der Waals surface area contributed by atoms with Gasteiger partial charge >= 0.3 is 12.1 Å². The highest BCUT2D eigenvalue weighted by molar-refractivity contribution is 5.73. The van der Waals surface area contributed by atoms with Crippen LogP contribution in [0.1, 0.15) is 28.9 Å². The van der Waals surface area contributed by atoms with Crippen molar-refractivity contribution in [1.29, 1.82) is 5.26 Å². The van der Waals surface area contributed by atoms with E-state index in [1.807, 2.05) is 0 Å². The molecule has 20 heavy (non-hydrogen) atoms. The second kappa shape index (κ2) is 5.81. The molecule has 1 heterocycles. The number of carbonyl (C=O) groups excluding carboxylic acids is 1. The van der Waals surface area contributed by atoms with E-state index < -0.39 is 47.5 Å². The Morgan fingerprint density at radius 1 is 1.50 bits per heavy atom. The molecule has 0 bridgehead atoms. The summed E-state index contributed by atoms with van der Waals surface area (Å²) in [6, 6.07) is 1.63. The number of carbonyl (C=O) groups is 1. The van der Waals surface area contributed by atoms with Gasteiger partial charge in [0.1, 0.15) is 17.5 Å². The number of rotatable bonds is 3. The van der Waals surface area contributed by atoms with Gasteiger partial charge in [-0.05, 0) is 11.6 Å². The molecule has 108 valence electrons. The van der Waals surface area contributed by atoms with Crippen LogP contribution in [0.5, 0.6) is 0 Å². The smallest absolute Gasteiger partial charge is 0.433 e. The molecule has 0 aliphatic rings. The van der Waals surface area contributed by atoms with E-state index in [1.165, 1.54) is 6.07 Å². The predicted octanol–water partition coefficient (Wildman–Crippen LogP) is 2.63. The van der Waals surface area contributed by atoms with Crippen molar-refractivity contribution in [2.24, 2.45) is 0 Å². The average molecular weight is 294 g/mol. The molecule has 0 spiro atoms. The summed E-state index contributed by atoms with van der Waals surface area (Å²) in [6.45, 7) is 0. The molecule has 0 aliphatic heterocycles. The van der Waals surface area contributed by atoms with Crippen LogP contribution in [0, 0.1) is 11.3 Å². The summed E-state index contributed by atoms with van der Waals surface area (Å²) >= 11 is 0. The second-order valence-electron chi connectivity index (χ2n) is 3.60. The van der Waals surface area contributed by atoms with Crippen LogP contribution in [0.2, 0.25) is 0 Å². The number of ether oxygens (including phenoxy) is 1. The number of alkyl halides is 5. The first-order valence-corrected chi connectivity index (χ1v) is 5.06. The Balaban J connectivity index is 3.49. The largest absolute Gasteiger partial charge is 0.469 e. The van der Waals surface area contributed by atoms with Gasteiger partial charge in [-0.1, -0.05) is 0 Å². The Morgan fingerprint density at radius 3 is 2.50 bits per heavy atom. The molecule has 9 heteroatoms. The van der Waals surface area contributed by atoms with Crippen molar-refractivity contribution in [3.05, 3.63) is 28.6 Å². The third-order valence-corrected chi connectivity index (χ3v) is 2.30. The monoisotopic (exact) mass is 294 g/mol. The zero-order chi connectivity index (χ0) is 15.5. The van der Waals surface area contributed by atoms with E-state index in [9.17, 15) is 26.7 Å². The lowest BCUT2D eigenvalue weighted by atomic mass is 10.0. The van der Waals surface area contributed by atoms with Crippen LogP contribution in [0.25, 0.3) is 0 Å². The number of aromatic nitrogens is 1. The van der Waals surface area contributed by atoms with Gasteiger partial charge in [-0.25, -0.2) is 13.8 Å². The van der Waals surface area contributed by atoms with E-state index in [1.54, 1.807) is 0 Å². The lowest BCUT2D eigenvalue weighted by molar-refractivity contribution is -0.143. The fraction of sp³-hybridized carbons (Fsp3) is 0.364. The van der Waals surface area contributed by atoms with Crippen molar-refractivity contribution in [1.82, 2.24) is 4.98 Å². The van der Waals surface area contributed by atoms with Crippen molar-refractivity contribution in [3.8, 4) is 6.07 Å². The number of nitriles is 1. The fourth-order valence-corrected chi connectivity index (χ4v) is 1.44. The minimum Gasteiger partial charge on any atom is -0.469 e. The normalized spacial score (nSPS) is 11.3. The topological polar surface area (TPSA) is 63.0 Å². The highest BCUT2D eigenvalue weighted by Gasteiger charge is 2.37. The van der Waals surface area contributed by atoms with Crippen LogP contribution >= 0.6 is 0 Å². The van der Waals surface area contributed by atoms with Crippen molar-refractivity contribution >= 4 is 5.97 Å². The highest BCUT2D eigenvalue weighted by Crippen LogP contribution is 2.34. The molecule has 1 aromatic rings. The van der Waals surface area contributed by atoms with Gasteiger partial charge in [0, 0.05) is 0 Å².